The molecule has 6 rings (SSSR count). The van der Waals surface area contributed by atoms with Gasteiger partial charge in [0.1, 0.15) is 5.69 Å². The first kappa shape index (κ1) is 26.3. The Hall–Kier alpha value is -4.88. The van der Waals surface area contributed by atoms with Crippen LogP contribution >= 0.6 is 11.6 Å². The molecule has 6 aromatic rings. The molecule has 1 amide bonds. The number of hydrogen-bond acceptors (Lipinski definition) is 4. The number of aromatic nitrogens is 2. The monoisotopic (exact) mass is 563 g/mol. The summed E-state index contributed by atoms with van der Waals surface area (Å²) in [7, 11) is 1.52. The van der Waals surface area contributed by atoms with Gasteiger partial charge in [0.2, 0.25) is 0 Å². The summed E-state index contributed by atoms with van der Waals surface area (Å²) in [5.41, 5.74) is 3.73. The zero-order valence-corrected chi connectivity index (χ0v) is 23.2. The Balaban J connectivity index is 1.29. The first-order valence-electron chi connectivity index (χ1n) is 13.2. The van der Waals surface area contributed by atoms with Crippen molar-refractivity contribution in [2.24, 2.45) is 7.05 Å². The first-order valence-corrected chi connectivity index (χ1v) is 13.6. The van der Waals surface area contributed by atoms with E-state index in [1.54, 1.807) is 48.5 Å². The van der Waals surface area contributed by atoms with E-state index in [1.165, 1.54) is 11.6 Å². The number of para-hydroxylation sites is 1. The molecule has 0 spiro atoms. The lowest BCUT2D eigenvalue weighted by atomic mass is 9.97. The standard InChI is InChI=1S/C33H26ClN3O4/c1-3-37-27-11-7-6-8-23(27)26-18-22(16-17-28(26)37)35-29(38)19-41-33(40)31-30(20-12-14-21(34)15-13-20)24-9-4-5-10-25(24)32(39)36(31)2/h4-18H,3,19H2,1-2H3,(H,35,38). The number of aryl methyl sites for hydroxylation is 1. The molecule has 0 unspecified atom stereocenters. The van der Waals surface area contributed by atoms with Crippen molar-refractivity contribution in [3.8, 4) is 11.1 Å². The predicted octanol–water partition coefficient (Wildman–Crippen LogP) is 6.78. The van der Waals surface area contributed by atoms with E-state index < -0.39 is 18.5 Å². The number of anilines is 1. The van der Waals surface area contributed by atoms with Crippen molar-refractivity contribution in [2.45, 2.75) is 13.5 Å². The molecule has 0 aliphatic heterocycles. The summed E-state index contributed by atoms with van der Waals surface area (Å²) in [6, 6.07) is 27.9. The lowest BCUT2D eigenvalue weighted by molar-refractivity contribution is -0.119. The second-order valence-electron chi connectivity index (χ2n) is 9.76. The first-order chi connectivity index (χ1) is 19.9. The van der Waals surface area contributed by atoms with Crippen molar-refractivity contribution in [3.05, 3.63) is 112 Å². The predicted molar refractivity (Wildman–Crippen MR) is 164 cm³/mol. The van der Waals surface area contributed by atoms with Crippen LogP contribution < -0.4 is 10.9 Å². The minimum absolute atomic E-state index is 0.0533. The largest absolute Gasteiger partial charge is 0.451 e. The number of carbonyl (C=O) groups excluding carboxylic acids is 2. The smallest absolute Gasteiger partial charge is 0.356 e. The molecule has 0 radical (unpaired) electrons. The summed E-state index contributed by atoms with van der Waals surface area (Å²) in [6.45, 7) is 2.40. The van der Waals surface area contributed by atoms with E-state index in [-0.39, 0.29) is 11.3 Å². The third-order valence-electron chi connectivity index (χ3n) is 7.34. The number of carbonyl (C=O) groups is 2. The number of fused-ring (bicyclic) bond motifs is 4. The van der Waals surface area contributed by atoms with Crippen LogP contribution in [0.4, 0.5) is 5.69 Å². The Labute approximate surface area is 240 Å². The summed E-state index contributed by atoms with van der Waals surface area (Å²) >= 11 is 6.10. The van der Waals surface area contributed by atoms with Gasteiger partial charge in [-0.3, -0.25) is 9.59 Å². The maximum absolute atomic E-state index is 13.4. The van der Waals surface area contributed by atoms with Crippen LogP contribution in [0.1, 0.15) is 17.4 Å². The highest BCUT2D eigenvalue weighted by molar-refractivity contribution is 6.30. The molecular formula is C33H26ClN3O4. The Morgan fingerprint density at radius 3 is 2.22 bits per heavy atom. The minimum atomic E-state index is -0.781. The van der Waals surface area contributed by atoms with Gasteiger partial charge in [-0.15, -0.1) is 0 Å². The molecule has 2 aromatic heterocycles. The summed E-state index contributed by atoms with van der Waals surface area (Å²) in [6.07, 6.45) is 0. The van der Waals surface area contributed by atoms with Crippen LogP contribution in [0.3, 0.4) is 0 Å². The van der Waals surface area contributed by atoms with Gasteiger partial charge in [-0.2, -0.15) is 0 Å². The van der Waals surface area contributed by atoms with Crippen molar-refractivity contribution in [1.29, 1.82) is 0 Å². The molecule has 0 aliphatic carbocycles. The fourth-order valence-corrected chi connectivity index (χ4v) is 5.61. The lowest BCUT2D eigenvalue weighted by Crippen LogP contribution is -2.28. The average Bonchev–Trinajstić information content (AvgIpc) is 3.31. The zero-order chi connectivity index (χ0) is 28.7. The maximum atomic E-state index is 13.4. The molecule has 0 fully saturated rings. The highest BCUT2D eigenvalue weighted by Crippen LogP contribution is 2.33. The van der Waals surface area contributed by atoms with E-state index in [0.29, 0.717) is 32.6 Å². The molecule has 1 N–H and O–H groups in total. The third-order valence-corrected chi connectivity index (χ3v) is 7.59. The normalized spacial score (nSPS) is 11.3. The molecule has 8 heteroatoms. The van der Waals surface area contributed by atoms with Crippen LogP contribution in [-0.2, 0) is 23.1 Å². The van der Waals surface area contributed by atoms with Gasteiger partial charge in [0.05, 0.1) is 0 Å². The lowest BCUT2D eigenvalue weighted by Gasteiger charge is -2.17. The Morgan fingerprint density at radius 1 is 0.829 bits per heavy atom. The summed E-state index contributed by atoms with van der Waals surface area (Å²) in [4.78, 5) is 39.5. The van der Waals surface area contributed by atoms with Crippen LogP contribution in [0.15, 0.2) is 95.8 Å². The van der Waals surface area contributed by atoms with Crippen LogP contribution in [0.5, 0.6) is 0 Å². The quantitative estimate of drug-likeness (QED) is 0.226. The molecule has 7 nitrogen and oxygen atoms in total. The molecule has 0 aliphatic rings. The molecule has 0 saturated carbocycles. The van der Waals surface area contributed by atoms with Crippen LogP contribution in [0, 0.1) is 0 Å². The molecule has 204 valence electrons. The fourth-order valence-electron chi connectivity index (χ4n) is 5.48. The van der Waals surface area contributed by atoms with Crippen molar-refractivity contribution in [2.75, 3.05) is 11.9 Å². The molecule has 41 heavy (non-hydrogen) atoms. The number of pyridine rings is 1. The summed E-state index contributed by atoms with van der Waals surface area (Å²) in [5, 5.41) is 6.57. The number of benzene rings is 4. The summed E-state index contributed by atoms with van der Waals surface area (Å²) < 4.78 is 8.97. The molecule has 4 aromatic carbocycles. The van der Waals surface area contributed by atoms with E-state index in [2.05, 4.69) is 28.9 Å². The van der Waals surface area contributed by atoms with Crippen molar-refractivity contribution in [3.63, 3.8) is 0 Å². The van der Waals surface area contributed by atoms with E-state index in [4.69, 9.17) is 16.3 Å². The number of ether oxygens (including phenoxy) is 1. The number of esters is 1. The highest BCUT2D eigenvalue weighted by Gasteiger charge is 2.24. The van der Waals surface area contributed by atoms with Crippen LogP contribution in [-0.4, -0.2) is 27.6 Å². The van der Waals surface area contributed by atoms with Gasteiger partial charge in [0, 0.05) is 57.1 Å². The van der Waals surface area contributed by atoms with E-state index in [0.717, 1.165) is 28.4 Å². The van der Waals surface area contributed by atoms with Crippen molar-refractivity contribution < 1.29 is 14.3 Å². The Kier molecular flexibility index (Phi) is 6.81. The van der Waals surface area contributed by atoms with Crippen LogP contribution in [0.2, 0.25) is 5.02 Å². The number of rotatable bonds is 6. The van der Waals surface area contributed by atoms with Crippen LogP contribution in [0.25, 0.3) is 43.7 Å². The van der Waals surface area contributed by atoms with E-state index >= 15 is 0 Å². The van der Waals surface area contributed by atoms with Gasteiger partial charge in [0.25, 0.3) is 11.5 Å². The van der Waals surface area contributed by atoms with Gasteiger partial charge in [-0.05, 0) is 60.3 Å². The second-order valence-corrected chi connectivity index (χ2v) is 10.2. The van der Waals surface area contributed by atoms with Gasteiger partial charge >= 0.3 is 5.97 Å². The van der Waals surface area contributed by atoms with Crippen molar-refractivity contribution in [1.82, 2.24) is 9.13 Å². The third kappa shape index (κ3) is 4.64. The van der Waals surface area contributed by atoms with Crippen molar-refractivity contribution >= 4 is 61.7 Å². The highest BCUT2D eigenvalue weighted by atomic mass is 35.5. The average molecular weight is 564 g/mol. The van der Waals surface area contributed by atoms with Gasteiger partial charge in [-0.25, -0.2) is 4.79 Å². The summed E-state index contributed by atoms with van der Waals surface area (Å²) in [5.74, 6) is -1.27. The Bertz CT molecular complexity index is 2040. The number of nitrogens with one attached hydrogen (secondary N) is 1. The van der Waals surface area contributed by atoms with Gasteiger partial charge in [-0.1, -0.05) is 60.1 Å². The SMILES string of the molecule is CCn1c2ccccc2c2cc(NC(=O)COC(=O)c3c(-c4ccc(Cl)cc4)c4ccccc4c(=O)n3C)ccc21. The molecule has 0 atom stereocenters. The number of amides is 1. The molecule has 0 saturated heterocycles. The zero-order valence-electron chi connectivity index (χ0n) is 22.5. The molecule has 0 bridgehead atoms. The number of halogens is 1. The van der Waals surface area contributed by atoms with E-state index in [9.17, 15) is 14.4 Å². The van der Waals surface area contributed by atoms with E-state index in [1.807, 2.05) is 30.3 Å². The Morgan fingerprint density at radius 2 is 1.49 bits per heavy atom. The molecular weight excluding hydrogens is 538 g/mol. The van der Waals surface area contributed by atoms with Gasteiger partial charge < -0.3 is 19.2 Å². The maximum Gasteiger partial charge on any atom is 0.356 e. The number of hydrogen-bond donors (Lipinski definition) is 1. The number of nitrogens with zero attached hydrogens (tertiary/aromatic N) is 2. The van der Waals surface area contributed by atoms with Gasteiger partial charge in [0.15, 0.2) is 6.61 Å². The minimum Gasteiger partial charge on any atom is -0.451 e. The second kappa shape index (κ2) is 10.6. The molecule has 2 heterocycles. The fraction of sp³-hybridized carbons (Fsp3) is 0.121. The topological polar surface area (TPSA) is 82.3 Å².